The van der Waals surface area contributed by atoms with E-state index in [0.29, 0.717) is 11.1 Å². The van der Waals surface area contributed by atoms with E-state index in [4.69, 9.17) is 0 Å². The second-order valence-electron chi connectivity index (χ2n) is 6.49. The Labute approximate surface area is 151 Å². The standard InChI is InChI=1S/C18H16FN5O3/c1-10-8-23-13-14(21(2)18(27)22(3)16(13)26)20-17(23)24(15(10)25)9-11-4-6-12(19)7-5-11/h4-8H,9H2,1-3H3. The molecule has 9 heteroatoms. The Morgan fingerprint density at radius 2 is 1.67 bits per heavy atom. The average molecular weight is 369 g/mol. The highest BCUT2D eigenvalue weighted by Gasteiger charge is 2.19. The van der Waals surface area contributed by atoms with Crippen LogP contribution in [0.3, 0.4) is 0 Å². The molecule has 0 atom stereocenters. The minimum atomic E-state index is -0.500. The van der Waals surface area contributed by atoms with Gasteiger partial charge in [0.1, 0.15) is 5.82 Å². The number of aromatic nitrogens is 5. The zero-order chi connectivity index (χ0) is 19.5. The van der Waals surface area contributed by atoms with Crippen molar-refractivity contribution in [3.8, 4) is 0 Å². The fourth-order valence-corrected chi connectivity index (χ4v) is 3.18. The van der Waals surface area contributed by atoms with Gasteiger partial charge in [0.2, 0.25) is 5.78 Å². The van der Waals surface area contributed by atoms with E-state index in [0.717, 1.165) is 4.57 Å². The summed E-state index contributed by atoms with van der Waals surface area (Å²) in [6, 6.07) is 5.79. The number of nitrogens with zero attached hydrogens (tertiary/aromatic N) is 5. The molecule has 0 unspecified atom stereocenters. The summed E-state index contributed by atoms with van der Waals surface area (Å²) < 4.78 is 18.4. The Bertz CT molecular complexity index is 1390. The average Bonchev–Trinajstić information content (AvgIpc) is 3.02. The number of hydrogen-bond donors (Lipinski definition) is 0. The Morgan fingerprint density at radius 1 is 1.00 bits per heavy atom. The van der Waals surface area contributed by atoms with Crippen molar-refractivity contribution in [1.82, 2.24) is 23.1 Å². The number of benzene rings is 1. The lowest BCUT2D eigenvalue weighted by atomic mass is 10.2. The monoisotopic (exact) mass is 369 g/mol. The lowest BCUT2D eigenvalue weighted by Crippen LogP contribution is -2.37. The molecule has 0 amide bonds. The highest BCUT2D eigenvalue weighted by molar-refractivity contribution is 5.75. The smallest absolute Gasteiger partial charge is 0.279 e. The zero-order valence-electron chi connectivity index (χ0n) is 14.9. The molecule has 4 aromatic rings. The molecule has 3 aromatic heterocycles. The van der Waals surface area contributed by atoms with Crippen LogP contribution in [0, 0.1) is 12.7 Å². The largest absolute Gasteiger partial charge is 0.332 e. The van der Waals surface area contributed by atoms with Crippen molar-refractivity contribution in [1.29, 1.82) is 0 Å². The number of aryl methyl sites for hydroxylation is 2. The predicted molar refractivity (Wildman–Crippen MR) is 97.7 cm³/mol. The third-order valence-corrected chi connectivity index (χ3v) is 4.67. The highest BCUT2D eigenvalue weighted by atomic mass is 19.1. The maximum Gasteiger partial charge on any atom is 0.332 e. The van der Waals surface area contributed by atoms with E-state index in [2.05, 4.69) is 4.98 Å². The number of imidazole rings is 1. The molecular formula is C18H16FN5O3. The molecule has 0 aliphatic rings. The minimum absolute atomic E-state index is 0.155. The van der Waals surface area contributed by atoms with Crippen LogP contribution in [0.2, 0.25) is 0 Å². The van der Waals surface area contributed by atoms with Gasteiger partial charge in [-0.15, -0.1) is 0 Å². The van der Waals surface area contributed by atoms with Gasteiger partial charge < -0.3 is 0 Å². The van der Waals surface area contributed by atoms with Crippen LogP contribution in [-0.2, 0) is 20.6 Å². The normalized spacial score (nSPS) is 11.6. The molecule has 0 spiro atoms. The van der Waals surface area contributed by atoms with Crippen molar-refractivity contribution >= 4 is 16.9 Å². The molecule has 0 N–H and O–H groups in total. The van der Waals surface area contributed by atoms with Crippen molar-refractivity contribution in [2.24, 2.45) is 14.1 Å². The third kappa shape index (κ3) is 2.42. The lowest BCUT2D eigenvalue weighted by Gasteiger charge is -2.09. The van der Waals surface area contributed by atoms with Crippen molar-refractivity contribution in [3.05, 3.63) is 78.6 Å². The molecule has 0 radical (unpaired) electrons. The van der Waals surface area contributed by atoms with Gasteiger partial charge in [0, 0.05) is 25.9 Å². The highest BCUT2D eigenvalue weighted by Crippen LogP contribution is 2.13. The van der Waals surface area contributed by atoms with Crippen LogP contribution in [0.1, 0.15) is 11.1 Å². The molecule has 1 aromatic carbocycles. The number of hydrogen-bond acceptors (Lipinski definition) is 4. The Kier molecular flexibility index (Phi) is 3.62. The summed E-state index contributed by atoms with van der Waals surface area (Å²) in [6.45, 7) is 1.79. The Morgan fingerprint density at radius 3 is 2.33 bits per heavy atom. The van der Waals surface area contributed by atoms with Gasteiger partial charge in [-0.2, -0.15) is 4.98 Å². The van der Waals surface area contributed by atoms with Gasteiger partial charge in [-0.25, -0.2) is 9.18 Å². The SMILES string of the molecule is Cc1cn2c3c(=O)n(C)c(=O)n(C)c3nc2n(Cc2ccc(F)cc2)c1=O. The second-order valence-corrected chi connectivity index (χ2v) is 6.49. The van der Waals surface area contributed by atoms with Crippen LogP contribution in [0.4, 0.5) is 4.39 Å². The Hall–Kier alpha value is -3.49. The molecule has 8 nitrogen and oxygen atoms in total. The van der Waals surface area contributed by atoms with E-state index < -0.39 is 11.2 Å². The number of rotatable bonds is 2. The molecule has 0 fully saturated rings. The van der Waals surface area contributed by atoms with E-state index in [9.17, 15) is 18.8 Å². The van der Waals surface area contributed by atoms with Gasteiger partial charge in [-0.3, -0.25) is 27.7 Å². The summed E-state index contributed by atoms with van der Waals surface area (Å²) in [5.41, 5.74) is 0.266. The zero-order valence-corrected chi connectivity index (χ0v) is 14.9. The number of fused-ring (bicyclic) bond motifs is 3. The van der Waals surface area contributed by atoms with Crippen molar-refractivity contribution in [2.75, 3.05) is 0 Å². The first-order chi connectivity index (χ1) is 12.8. The summed E-state index contributed by atoms with van der Waals surface area (Å²) in [6.07, 6.45) is 1.54. The van der Waals surface area contributed by atoms with Crippen LogP contribution in [-0.4, -0.2) is 23.1 Å². The summed E-state index contributed by atoms with van der Waals surface area (Å²) in [5, 5.41) is 0. The van der Waals surface area contributed by atoms with Gasteiger partial charge in [-0.05, 0) is 24.6 Å². The maximum absolute atomic E-state index is 13.2. The quantitative estimate of drug-likeness (QED) is 0.516. The first-order valence-electron chi connectivity index (χ1n) is 8.22. The van der Waals surface area contributed by atoms with Crippen molar-refractivity contribution in [3.63, 3.8) is 0 Å². The van der Waals surface area contributed by atoms with Gasteiger partial charge in [0.15, 0.2) is 11.2 Å². The predicted octanol–water partition coefficient (Wildman–Crippen LogP) is 0.542. The van der Waals surface area contributed by atoms with Crippen LogP contribution in [0.5, 0.6) is 0 Å². The first kappa shape index (κ1) is 17.0. The van der Waals surface area contributed by atoms with Crippen LogP contribution in [0.15, 0.2) is 44.8 Å². The summed E-state index contributed by atoms with van der Waals surface area (Å²) >= 11 is 0. The maximum atomic E-state index is 13.2. The van der Waals surface area contributed by atoms with Gasteiger partial charge in [-0.1, -0.05) is 12.1 Å². The van der Waals surface area contributed by atoms with Crippen molar-refractivity contribution < 1.29 is 4.39 Å². The fourth-order valence-electron chi connectivity index (χ4n) is 3.18. The molecule has 0 saturated heterocycles. The number of halogens is 1. The van der Waals surface area contributed by atoms with E-state index in [1.165, 1.54) is 39.8 Å². The van der Waals surface area contributed by atoms with E-state index in [1.807, 2.05) is 0 Å². The van der Waals surface area contributed by atoms with Gasteiger partial charge >= 0.3 is 5.69 Å². The van der Waals surface area contributed by atoms with E-state index in [-0.39, 0.29) is 34.9 Å². The Balaban J connectivity index is 2.11. The molecule has 0 bridgehead atoms. The van der Waals surface area contributed by atoms with Crippen molar-refractivity contribution in [2.45, 2.75) is 13.5 Å². The van der Waals surface area contributed by atoms with Gasteiger partial charge in [0.25, 0.3) is 11.1 Å². The molecule has 0 aliphatic carbocycles. The summed E-state index contributed by atoms with van der Waals surface area (Å²) in [5.74, 6) is -0.131. The molecule has 4 rings (SSSR count). The molecule has 0 saturated carbocycles. The summed E-state index contributed by atoms with van der Waals surface area (Å²) in [7, 11) is 2.91. The van der Waals surface area contributed by atoms with Crippen LogP contribution >= 0.6 is 0 Å². The van der Waals surface area contributed by atoms with Crippen LogP contribution < -0.4 is 16.8 Å². The summed E-state index contributed by atoms with van der Waals surface area (Å²) in [4.78, 5) is 41.9. The molecule has 3 heterocycles. The molecule has 27 heavy (non-hydrogen) atoms. The van der Waals surface area contributed by atoms with Gasteiger partial charge in [0.05, 0.1) is 6.54 Å². The topological polar surface area (TPSA) is 83.3 Å². The first-order valence-corrected chi connectivity index (χ1v) is 8.22. The van der Waals surface area contributed by atoms with E-state index >= 15 is 0 Å². The molecule has 0 aliphatic heterocycles. The fraction of sp³-hybridized carbons (Fsp3) is 0.222. The van der Waals surface area contributed by atoms with E-state index in [1.54, 1.807) is 25.3 Å². The lowest BCUT2D eigenvalue weighted by molar-refractivity contribution is 0.626. The molecular weight excluding hydrogens is 353 g/mol. The second kappa shape index (κ2) is 5.76. The molecule has 138 valence electrons. The minimum Gasteiger partial charge on any atom is -0.279 e. The third-order valence-electron chi connectivity index (χ3n) is 4.67. The van der Waals surface area contributed by atoms with Crippen LogP contribution in [0.25, 0.3) is 16.9 Å².